The number of rotatable bonds is 3. The highest BCUT2D eigenvalue weighted by Crippen LogP contribution is 2.41. The van der Waals surface area contributed by atoms with Crippen molar-refractivity contribution in [2.45, 2.75) is 38.5 Å². The predicted molar refractivity (Wildman–Crippen MR) is 116 cm³/mol. The standard InChI is InChI=1S/C22H19F4N5O2S/c1-12-17-18(30-8-2-3-16(30)32)28-19(20-27-15(11-34-20)22(24,25)26)31(17)10-9-29(12)21(33)13-4-6-14(23)7-5-13/h4-7,11-12H,2-3,8-10H2,1H3/t12-/m0/s1. The number of nitrogens with zero attached hydrogens (tertiary/aromatic N) is 5. The molecule has 1 atom stereocenters. The number of halogens is 4. The molecule has 4 heterocycles. The Balaban J connectivity index is 1.58. The lowest BCUT2D eigenvalue weighted by atomic mass is 10.1. The molecule has 178 valence electrons. The molecule has 0 N–H and O–H groups in total. The Bertz CT molecular complexity index is 1270. The minimum Gasteiger partial charge on any atom is -0.328 e. The number of alkyl halides is 3. The lowest BCUT2D eigenvalue weighted by Gasteiger charge is -2.36. The minimum absolute atomic E-state index is 0.0944. The monoisotopic (exact) mass is 493 g/mol. The third-order valence-corrected chi connectivity index (χ3v) is 6.92. The van der Waals surface area contributed by atoms with Crippen LogP contribution in [0.1, 0.15) is 47.6 Å². The van der Waals surface area contributed by atoms with Crippen LogP contribution in [-0.4, -0.2) is 44.3 Å². The van der Waals surface area contributed by atoms with Gasteiger partial charge in [-0.2, -0.15) is 13.2 Å². The van der Waals surface area contributed by atoms with Crippen LogP contribution in [-0.2, 0) is 17.5 Å². The van der Waals surface area contributed by atoms with E-state index in [9.17, 15) is 27.2 Å². The maximum absolute atomic E-state index is 13.3. The molecule has 0 saturated carbocycles. The maximum atomic E-state index is 13.3. The number of hydrogen-bond donors (Lipinski definition) is 0. The third-order valence-electron chi connectivity index (χ3n) is 6.08. The molecule has 12 heteroatoms. The summed E-state index contributed by atoms with van der Waals surface area (Å²) >= 11 is 0.832. The number of anilines is 1. The van der Waals surface area contributed by atoms with E-state index in [0.717, 1.165) is 16.7 Å². The first-order valence-corrected chi connectivity index (χ1v) is 11.5. The zero-order valence-electron chi connectivity index (χ0n) is 18.0. The first-order chi connectivity index (χ1) is 16.1. The van der Waals surface area contributed by atoms with Crippen molar-refractivity contribution >= 4 is 29.0 Å². The van der Waals surface area contributed by atoms with Gasteiger partial charge in [0.2, 0.25) is 5.91 Å². The van der Waals surface area contributed by atoms with E-state index < -0.39 is 23.7 Å². The van der Waals surface area contributed by atoms with Crippen molar-refractivity contribution in [2.75, 3.05) is 18.0 Å². The Kier molecular flexibility index (Phi) is 5.42. The largest absolute Gasteiger partial charge is 0.434 e. The van der Waals surface area contributed by atoms with Gasteiger partial charge in [-0.05, 0) is 37.6 Å². The molecule has 2 aromatic heterocycles. The second kappa shape index (κ2) is 8.19. The number of benzene rings is 1. The molecule has 7 nitrogen and oxygen atoms in total. The third kappa shape index (κ3) is 3.75. The minimum atomic E-state index is -4.58. The summed E-state index contributed by atoms with van der Waals surface area (Å²) in [5.74, 6) is -0.315. The summed E-state index contributed by atoms with van der Waals surface area (Å²) < 4.78 is 54.5. The molecule has 3 aromatic rings. The van der Waals surface area contributed by atoms with Crippen LogP contribution in [0.4, 0.5) is 23.4 Å². The van der Waals surface area contributed by atoms with E-state index >= 15 is 0 Å². The van der Waals surface area contributed by atoms with E-state index in [1.165, 1.54) is 29.2 Å². The van der Waals surface area contributed by atoms with Crippen LogP contribution >= 0.6 is 11.3 Å². The van der Waals surface area contributed by atoms with Crippen molar-refractivity contribution in [1.82, 2.24) is 19.4 Å². The molecular weight excluding hydrogens is 474 g/mol. The van der Waals surface area contributed by atoms with Crippen molar-refractivity contribution in [2.24, 2.45) is 0 Å². The van der Waals surface area contributed by atoms with Crippen LogP contribution in [0, 0.1) is 5.82 Å². The Morgan fingerprint density at radius 2 is 1.85 bits per heavy atom. The highest BCUT2D eigenvalue weighted by molar-refractivity contribution is 7.13. The number of imidazole rings is 1. The van der Waals surface area contributed by atoms with Crippen molar-refractivity contribution in [1.29, 1.82) is 0 Å². The van der Waals surface area contributed by atoms with Crippen LogP contribution in [0.5, 0.6) is 0 Å². The van der Waals surface area contributed by atoms with Crippen molar-refractivity contribution in [3.8, 4) is 10.8 Å². The molecule has 0 radical (unpaired) electrons. The highest BCUT2D eigenvalue weighted by atomic mass is 32.1. The maximum Gasteiger partial charge on any atom is 0.434 e. The fraction of sp³-hybridized carbons (Fsp3) is 0.364. The van der Waals surface area contributed by atoms with Crippen LogP contribution in [0.3, 0.4) is 0 Å². The first kappa shape index (κ1) is 22.5. The Hall–Kier alpha value is -3.28. The smallest absolute Gasteiger partial charge is 0.328 e. The van der Waals surface area contributed by atoms with Crippen LogP contribution in [0.15, 0.2) is 29.6 Å². The van der Waals surface area contributed by atoms with E-state index in [1.807, 2.05) is 0 Å². The number of hydrogen-bond acceptors (Lipinski definition) is 5. The number of fused-ring (bicyclic) bond motifs is 1. The van der Waals surface area contributed by atoms with Crippen LogP contribution in [0.2, 0.25) is 0 Å². The van der Waals surface area contributed by atoms with Crippen LogP contribution in [0.25, 0.3) is 10.8 Å². The van der Waals surface area contributed by atoms with E-state index in [0.29, 0.717) is 36.5 Å². The molecule has 0 aliphatic carbocycles. The van der Waals surface area contributed by atoms with Gasteiger partial charge in [0.05, 0.1) is 11.7 Å². The van der Waals surface area contributed by atoms with E-state index in [1.54, 1.807) is 16.4 Å². The summed E-state index contributed by atoms with van der Waals surface area (Å²) in [6, 6.07) is 4.69. The molecule has 1 aromatic carbocycles. The quantitative estimate of drug-likeness (QED) is 0.504. The van der Waals surface area contributed by atoms with Crippen molar-refractivity contribution in [3.63, 3.8) is 0 Å². The van der Waals surface area contributed by atoms with Gasteiger partial charge < -0.3 is 9.47 Å². The van der Waals surface area contributed by atoms with Gasteiger partial charge in [-0.3, -0.25) is 14.5 Å². The summed E-state index contributed by atoms with van der Waals surface area (Å²) in [6.45, 7) is 2.74. The molecule has 0 unspecified atom stereocenters. The second-order valence-electron chi connectivity index (χ2n) is 8.16. The second-order valence-corrected chi connectivity index (χ2v) is 9.02. The predicted octanol–water partition coefficient (Wildman–Crippen LogP) is 4.51. The summed E-state index contributed by atoms with van der Waals surface area (Å²) in [7, 11) is 0. The molecule has 2 amide bonds. The van der Waals surface area contributed by atoms with Gasteiger partial charge in [-0.1, -0.05) is 0 Å². The summed E-state index contributed by atoms with van der Waals surface area (Å²) in [5, 5.41) is 1.03. The number of thiazole rings is 1. The van der Waals surface area contributed by atoms with E-state index in [4.69, 9.17) is 0 Å². The molecule has 34 heavy (non-hydrogen) atoms. The van der Waals surface area contributed by atoms with Gasteiger partial charge >= 0.3 is 6.18 Å². The molecular formula is C22H19F4N5O2S. The fourth-order valence-corrected chi connectivity index (χ4v) is 5.24. The van der Waals surface area contributed by atoms with Gasteiger partial charge in [0.1, 0.15) is 5.82 Å². The normalized spacial score (nSPS) is 18.5. The van der Waals surface area contributed by atoms with Crippen molar-refractivity contribution in [3.05, 3.63) is 52.4 Å². The molecule has 2 aliphatic heterocycles. The number of carbonyl (C=O) groups excluding carboxylic acids is 2. The van der Waals surface area contributed by atoms with Gasteiger partial charge in [0, 0.05) is 37.0 Å². The van der Waals surface area contributed by atoms with Crippen molar-refractivity contribution < 1.29 is 27.2 Å². The molecule has 1 saturated heterocycles. The average molecular weight is 493 g/mol. The fourth-order valence-electron chi connectivity index (χ4n) is 4.42. The molecule has 5 rings (SSSR count). The van der Waals surface area contributed by atoms with Gasteiger partial charge in [-0.25, -0.2) is 14.4 Å². The Morgan fingerprint density at radius 3 is 2.47 bits per heavy atom. The summed E-state index contributed by atoms with van der Waals surface area (Å²) in [6.07, 6.45) is -3.59. The van der Waals surface area contributed by atoms with Gasteiger partial charge in [0.25, 0.3) is 5.91 Å². The first-order valence-electron chi connectivity index (χ1n) is 10.7. The average Bonchev–Trinajstić information content (AvgIpc) is 3.51. The van der Waals surface area contributed by atoms with E-state index in [-0.39, 0.29) is 35.7 Å². The summed E-state index contributed by atoms with van der Waals surface area (Å²) in [5.41, 5.74) is -0.119. The zero-order valence-corrected chi connectivity index (χ0v) is 18.8. The lowest BCUT2D eigenvalue weighted by molar-refractivity contribution is -0.140. The number of carbonyl (C=O) groups is 2. The zero-order chi connectivity index (χ0) is 24.2. The SMILES string of the molecule is C[C@H]1c2c(N3CCCC3=O)nc(-c3nc(C(F)(F)F)cs3)n2CCN1C(=O)c1ccc(F)cc1. The highest BCUT2D eigenvalue weighted by Gasteiger charge is 2.39. The number of aromatic nitrogens is 3. The lowest BCUT2D eigenvalue weighted by Crippen LogP contribution is -2.42. The number of amides is 2. The molecule has 0 bridgehead atoms. The summed E-state index contributed by atoms with van der Waals surface area (Å²) in [4.78, 5) is 37.1. The Morgan fingerprint density at radius 1 is 1.12 bits per heavy atom. The topological polar surface area (TPSA) is 71.3 Å². The van der Waals surface area contributed by atoms with Gasteiger partial charge in [-0.15, -0.1) is 11.3 Å². The molecule has 0 spiro atoms. The molecule has 1 fully saturated rings. The molecule has 2 aliphatic rings. The van der Waals surface area contributed by atoms with E-state index in [2.05, 4.69) is 9.97 Å². The van der Waals surface area contributed by atoms with Gasteiger partial charge in [0.15, 0.2) is 22.3 Å². The Labute approximate surface area is 195 Å². The van der Waals surface area contributed by atoms with Crippen LogP contribution < -0.4 is 4.90 Å².